The van der Waals surface area contributed by atoms with E-state index in [0.717, 1.165) is 42.4 Å². The number of benzene rings is 5. The molecule has 52 heavy (non-hydrogen) atoms. The fourth-order valence-corrected chi connectivity index (χ4v) is 7.98. The number of hydrogen-bond acceptors (Lipinski definition) is 7. The minimum atomic E-state index is -2.33. The molecule has 266 valence electrons. The summed E-state index contributed by atoms with van der Waals surface area (Å²) in [5.74, 6) is -11.9. The summed E-state index contributed by atoms with van der Waals surface area (Å²) in [5, 5.41) is 11.8. The fourth-order valence-electron chi connectivity index (χ4n) is 5.87. The molecule has 2 N–H and O–H groups in total. The Balaban J connectivity index is 1.06. The molecule has 7 rings (SSSR count). The highest BCUT2D eigenvalue weighted by molar-refractivity contribution is 8.01. The topological polar surface area (TPSA) is 80.7 Å². The Bertz CT molecular complexity index is 2170. The van der Waals surface area contributed by atoms with Crippen LogP contribution >= 0.6 is 23.1 Å². The molecule has 5 aromatic carbocycles. The molecule has 1 fully saturated rings. The molecule has 1 aromatic heterocycles. The van der Waals surface area contributed by atoms with E-state index in [1.165, 1.54) is 0 Å². The van der Waals surface area contributed by atoms with E-state index in [-0.39, 0.29) is 25.4 Å². The van der Waals surface area contributed by atoms with Crippen molar-refractivity contribution in [3.63, 3.8) is 0 Å². The van der Waals surface area contributed by atoms with Crippen LogP contribution in [0.2, 0.25) is 0 Å². The molecule has 6 nitrogen and oxygen atoms in total. The van der Waals surface area contributed by atoms with Gasteiger partial charge in [0.1, 0.15) is 5.56 Å². The largest absolute Gasteiger partial charge is 0.392 e. The van der Waals surface area contributed by atoms with Crippen LogP contribution in [0.15, 0.2) is 101 Å². The first-order chi connectivity index (χ1) is 25.2. The predicted molar refractivity (Wildman–Crippen MR) is 188 cm³/mol. The Kier molecular flexibility index (Phi) is 10.7. The summed E-state index contributed by atoms with van der Waals surface area (Å²) in [7, 11) is 0. The molecular weight excluding hydrogens is 720 g/mol. The first-order valence-corrected chi connectivity index (χ1v) is 18.0. The number of carbonyl (C=O) groups is 1. The van der Waals surface area contributed by atoms with Gasteiger partial charge in [0.15, 0.2) is 33.9 Å². The maximum absolute atomic E-state index is 14.1. The second-order valence-electron chi connectivity index (χ2n) is 12.1. The lowest BCUT2D eigenvalue weighted by molar-refractivity contribution is -0.245. The number of carbonyl (C=O) groups excluding carboxylic acids is 1. The average molecular weight is 749 g/mol. The Morgan fingerprint density at radius 1 is 0.788 bits per heavy atom. The van der Waals surface area contributed by atoms with E-state index in [9.17, 15) is 31.9 Å². The number of aromatic nitrogens is 1. The highest BCUT2D eigenvalue weighted by Gasteiger charge is 2.33. The number of thioether (sulfide) groups is 1. The Morgan fingerprint density at radius 3 is 2.19 bits per heavy atom. The predicted octanol–water partition coefficient (Wildman–Crippen LogP) is 9.42. The summed E-state index contributed by atoms with van der Waals surface area (Å²) in [4.78, 5) is 17.2. The minimum absolute atomic E-state index is 0.0543. The highest BCUT2D eigenvalue weighted by atomic mass is 32.2. The molecule has 3 atom stereocenters. The summed E-state index contributed by atoms with van der Waals surface area (Å²) < 4.78 is 84.0. The smallest absolute Gasteiger partial charge is 0.257 e. The molecule has 0 unspecified atom stereocenters. The van der Waals surface area contributed by atoms with Crippen molar-refractivity contribution in [2.45, 2.75) is 42.4 Å². The molecule has 1 saturated heterocycles. The van der Waals surface area contributed by atoms with Crippen LogP contribution in [0.4, 0.5) is 22.0 Å². The van der Waals surface area contributed by atoms with Gasteiger partial charge in [0.2, 0.25) is 5.82 Å². The summed E-state index contributed by atoms with van der Waals surface area (Å²) in [6, 6.07) is 30.2. The highest BCUT2D eigenvalue weighted by Crippen LogP contribution is 2.40. The summed E-state index contributed by atoms with van der Waals surface area (Å²) in [6.45, 7) is -0.285. The monoisotopic (exact) mass is 748 g/mol. The number of nitrogens with one attached hydrogen (secondary N) is 1. The van der Waals surface area contributed by atoms with E-state index < -0.39 is 46.8 Å². The van der Waals surface area contributed by atoms with Crippen LogP contribution in [0.5, 0.6) is 0 Å². The van der Waals surface area contributed by atoms with Gasteiger partial charge in [-0.1, -0.05) is 90.6 Å². The third-order valence-electron chi connectivity index (χ3n) is 8.62. The second kappa shape index (κ2) is 15.5. The number of aliphatic hydroxyl groups excluding tert-OH is 1. The molecule has 0 saturated carbocycles. The van der Waals surface area contributed by atoms with Crippen molar-refractivity contribution in [2.75, 3.05) is 5.75 Å². The number of rotatable bonds is 10. The Hall–Kier alpha value is -4.66. The normalized spacial score (nSPS) is 17.4. The molecule has 6 aromatic rings. The molecule has 2 heterocycles. The summed E-state index contributed by atoms with van der Waals surface area (Å²) in [6.07, 6.45) is -0.466. The zero-order valence-electron chi connectivity index (χ0n) is 27.1. The number of thiazole rings is 1. The molecule has 1 aliphatic heterocycles. The molecule has 0 aliphatic carbocycles. The van der Waals surface area contributed by atoms with E-state index >= 15 is 0 Å². The molecule has 0 radical (unpaired) electrons. The Morgan fingerprint density at radius 2 is 1.48 bits per heavy atom. The van der Waals surface area contributed by atoms with Crippen molar-refractivity contribution in [1.29, 1.82) is 0 Å². The van der Waals surface area contributed by atoms with Crippen LogP contribution in [-0.4, -0.2) is 27.9 Å². The van der Waals surface area contributed by atoms with Gasteiger partial charge in [-0.15, -0.1) is 11.3 Å². The summed E-state index contributed by atoms with van der Waals surface area (Å²) in [5.41, 5.74) is 4.08. The van der Waals surface area contributed by atoms with Gasteiger partial charge in [0.05, 0.1) is 29.0 Å². The molecule has 0 spiro atoms. The second-order valence-corrected chi connectivity index (χ2v) is 14.4. The van der Waals surface area contributed by atoms with Gasteiger partial charge >= 0.3 is 0 Å². The number of para-hydroxylation sites is 1. The maximum atomic E-state index is 14.1. The van der Waals surface area contributed by atoms with Crippen molar-refractivity contribution in [3.8, 4) is 11.1 Å². The van der Waals surface area contributed by atoms with Gasteiger partial charge in [-0.05, 0) is 46.0 Å². The fraction of sp³-hybridized carbons (Fsp3) is 0.179. The SMILES string of the molecule is O=C(NCc1cccc(-c2ccc([C@@H]3O[C@H](CSc4nc5ccccc5s4)C[C@H](c4ccc(CO)cc4)O3)cc2)c1)c1c(F)c(F)c(F)c(F)c1F. The third-order valence-corrected chi connectivity index (χ3v) is 10.9. The van der Waals surface area contributed by atoms with E-state index in [4.69, 9.17) is 14.5 Å². The number of amides is 1. The van der Waals surface area contributed by atoms with Gasteiger partial charge in [-0.3, -0.25) is 4.79 Å². The number of nitrogens with zero attached hydrogens (tertiary/aromatic N) is 1. The van der Waals surface area contributed by atoms with E-state index in [1.54, 1.807) is 41.3 Å². The quantitative estimate of drug-likeness (QED) is 0.0629. The zero-order valence-corrected chi connectivity index (χ0v) is 28.8. The van der Waals surface area contributed by atoms with Crippen molar-refractivity contribution in [2.24, 2.45) is 0 Å². The maximum Gasteiger partial charge on any atom is 0.257 e. The first kappa shape index (κ1) is 35.7. The van der Waals surface area contributed by atoms with Gasteiger partial charge in [-0.2, -0.15) is 0 Å². The van der Waals surface area contributed by atoms with Crippen molar-refractivity contribution < 1.29 is 41.3 Å². The number of halogens is 5. The lowest BCUT2D eigenvalue weighted by Gasteiger charge is -2.36. The van der Waals surface area contributed by atoms with Gasteiger partial charge < -0.3 is 19.9 Å². The van der Waals surface area contributed by atoms with Crippen molar-refractivity contribution in [1.82, 2.24) is 10.3 Å². The van der Waals surface area contributed by atoms with E-state index in [2.05, 4.69) is 11.4 Å². The average Bonchev–Trinajstić information content (AvgIpc) is 3.61. The van der Waals surface area contributed by atoms with Crippen LogP contribution in [-0.2, 0) is 22.6 Å². The first-order valence-electron chi connectivity index (χ1n) is 16.2. The standard InChI is InChI=1S/C39H29F5N2O4S2/c40-32-31(33(41)35(43)36(44)34(32)42)37(48)45-18-22-4-3-5-26(16-22)23-12-14-25(15-13-23)38-49-27(17-29(50-38)24-10-8-21(19-47)9-11-24)20-51-39-46-28-6-1-2-7-30(28)52-39/h1-16,27,29,38,47H,17-20H2,(H,45,48)/t27-,29+,38+/m0/s1. The number of fused-ring (bicyclic) bond motifs is 1. The lowest BCUT2D eigenvalue weighted by Crippen LogP contribution is -2.31. The number of ether oxygens (including phenoxy) is 2. The number of aliphatic hydroxyl groups is 1. The molecule has 1 aliphatic rings. The van der Waals surface area contributed by atoms with Crippen molar-refractivity contribution in [3.05, 3.63) is 154 Å². The van der Waals surface area contributed by atoms with E-state index in [1.807, 2.05) is 72.8 Å². The molecule has 0 bridgehead atoms. The molecule has 1 amide bonds. The van der Waals surface area contributed by atoms with E-state index in [0.29, 0.717) is 17.7 Å². The zero-order chi connectivity index (χ0) is 36.4. The lowest BCUT2D eigenvalue weighted by atomic mass is 9.99. The van der Waals surface area contributed by atoms with Crippen LogP contribution < -0.4 is 5.32 Å². The van der Waals surface area contributed by atoms with Crippen LogP contribution in [0, 0.1) is 29.1 Å². The van der Waals surface area contributed by atoms with Crippen LogP contribution in [0.25, 0.3) is 21.3 Å². The van der Waals surface area contributed by atoms with Crippen molar-refractivity contribution >= 4 is 39.2 Å². The number of hydrogen-bond donors (Lipinski definition) is 2. The van der Waals surface area contributed by atoms with Gasteiger partial charge in [0, 0.05) is 24.3 Å². The minimum Gasteiger partial charge on any atom is -0.392 e. The van der Waals surface area contributed by atoms with Crippen LogP contribution in [0.3, 0.4) is 0 Å². The molecule has 13 heteroatoms. The summed E-state index contributed by atoms with van der Waals surface area (Å²) >= 11 is 3.29. The Labute approximate surface area is 303 Å². The van der Waals surface area contributed by atoms with Crippen LogP contribution in [0.1, 0.15) is 51.4 Å². The van der Waals surface area contributed by atoms with Gasteiger partial charge in [-0.25, -0.2) is 26.9 Å². The molecular formula is C39H29F5N2O4S2. The third kappa shape index (κ3) is 7.59. The van der Waals surface area contributed by atoms with Gasteiger partial charge in [0.25, 0.3) is 5.91 Å².